The minimum absolute atomic E-state index is 0.104. The van der Waals surface area contributed by atoms with Crippen LogP contribution in [-0.2, 0) is 19.4 Å². The fraction of sp³-hybridized carbons (Fsp3) is 0.353. The van der Waals surface area contributed by atoms with E-state index in [0.29, 0.717) is 30.6 Å². The molecular formula is C17H20O4S. The van der Waals surface area contributed by atoms with E-state index in [9.17, 15) is 13.2 Å². The molecule has 0 unspecified atom stereocenters. The Kier molecular flexibility index (Phi) is 5.55. The van der Waals surface area contributed by atoms with Crippen LogP contribution in [0.2, 0.25) is 0 Å². The minimum Gasteiger partial charge on any atom is -0.469 e. The van der Waals surface area contributed by atoms with Crippen molar-refractivity contribution in [3.8, 4) is 0 Å². The first-order valence-corrected chi connectivity index (χ1v) is 8.96. The van der Waals surface area contributed by atoms with Crippen molar-refractivity contribution in [1.29, 1.82) is 0 Å². The normalized spacial score (nSPS) is 11.5. The maximum Gasteiger partial charge on any atom is 0.305 e. The fourth-order valence-corrected chi connectivity index (χ4v) is 3.72. The summed E-state index contributed by atoms with van der Waals surface area (Å²) in [6.45, 7) is 0. The van der Waals surface area contributed by atoms with E-state index in [1.54, 1.807) is 12.1 Å². The number of methoxy groups -OCH3 is 1. The Hall–Kier alpha value is -1.88. The number of carbonyl (C=O) groups is 1. The van der Waals surface area contributed by atoms with Gasteiger partial charge in [0.1, 0.15) is 0 Å². The number of hydrogen-bond acceptors (Lipinski definition) is 4. The molecule has 0 spiro atoms. The summed E-state index contributed by atoms with van der Waals surface area (Å²) < 4.78 is 29.2. The number of carbonyl (C=O) groups excluding carboxylic acids is 1. The number of fused-ring (bicyclic) bond motifs is 1. The number of sulfone groups is 1. The van der Waals surface area contributed by atoms with Gasteiger partial charge in [-0.1, -0.05) is 36.8 Å². The van der Waals surface area contributed by atoms with E-state index in [0.717, 1.165) is 10.8 Å². The third kappa shape index (κ3) is 4.31. The minimum atomic E-state index is -3.27. The number of hydrogen-bond donors (Lipinski definition) is 0. The van der Waals surface area contributed by atoms with Gasteiger partial charge in [0.15, 0.2) is 9.84 Å². The molecule has 0 atom stereocenters. The lowest BCUT2D eigenvalue weighted by Gasteiger charge is -2.06. The third-order valence-electron chi connectivity index (χ3n) is 3.60. The Balaban J connectivity index is 1.95. The van der Waals surface area contributed by atoms with Gasteiger partial charge >= 0.3 is 5.97 Å². The van der Waals surface area contributed by atoms with Crippen molar-refractivity contribution in [3.05, 3.63) is 42.5 Å². The SMILES string of the molecule is COC(=O)CCCCCS(=O)(=O)c1ccc2ccccc2c1. The van der Waals surface area contributed by atoms with Gasteiger partial charge in [-0.05, 0) is 35.7 Å². The average molecular weight is 320 g/mol. The third-order valence-corrected chi connectivity index (χ3v) is 5.40. The maximum absolute atomic E-state index is 12.3. The van der Waals surface area contributed by atoms with Crippen molar-refractivity contribution >= 4 is 26.6 Å². The van der Waals surface area contributed by atoms with Crippen LogP contribution >= 0.6 is 0 Å². The quantitative estimate of drug-likeness (QED) is 0.580. The summed E-state index contributed by atoms with van der Waals surface area (Å²) in [5.41, 5.74) is 0. The van der Waals surface area contributed by atoms with Gasteiger partial charge in [-0.3, -0.25) is 4.79 Å². The van der Waals surface area contributed by atoms with Crippen molar-refractivity contribution in [2.75, 3.05) is 12.9 Å². The molecule has 0 saturated heterocycles. The number of ether oxygens (including phenoxy) is 1. The second-order valence-corrected chi connectivity index (χ2v) is 7.32. The summed E-state index contributed by atoms with van der Waals surface area (Å²) in [4.78, 5) is 11.3. The summed E-state index contributed by atoms with van der Waals surface area (Å²) in [7, 11) is -1.92. The van der Waals surface area contributed by atoms with Gasteiger partial charge in [0.2, 0.25) is 0 Å². The summed E-state index contributed by atoms with van der Waals surface area (Å²) >= 11 is 0. The zero-order valence-electron chi connectivity index (χ0n) is 12.6. The Morgan fingerprint density at radius 1 is 1.00 bits per heavy atom. The van der Waals surface area contributed by atoms with Crippen LogP contribution in [0.15, 0.2) is 47.4 Å². The van der Waals surface area contributed by atoms with Crippen LogP contribution < -0.4 is 0 Å². The second-order valence-electron chi connectivity index (χ2n) is 5.21. The van der Waals surface area contributed by atoms with E-state index < -0.39 is 9.84 Å². The monoisotopic (exact) mass is 320 g/mol. The van der Waals surface area contributed by atoms with Gasteiger partial charge in [0, 0.05) is 6.42 Å². The number of esters is 1. The first-order valence-electron chi connectivity index (χ1n) is 7.31. The fourth-order valence-electron chi connectivity index (χ4n) is 2.32. The highest BCUT2D eigenvalue weighted by Gasteiger charge is 2.14. The van der Waals surface area contributed by atoms with Crippen molar-refractivity contribution < 1.29 is 17.9 Å². The van der Waals surface area contributed by atoms with E-state index in [-0.39, 0.29) is 11.7 Å². The van der Waals surface area contributed by atoms with Crippen LogP contribution in [0.1, 0.15) is 25.7 Å². The smallest absolute Gasteiger partial charge is 0.305 e. The van der Waals surface area contributed by atoms with Crippen LogP contribution in [0.5, 0.6) is 0 Å². The summed E-state index contributed by atoms with van der Waals surface area (Å²) in [5.74, 6) is -0.149. The van der Waals surface area contributed by atoms with E-state index in [2.05, 4.69) is 4.74 Å². The van der Waals surface area contributed by atoms with Crippen LogP contribution in [0, 0.1) is 0 Å². The highest BCUT2D eigenvalue weighted by atomic mass is 32.2. The van der Waals surface area contributed by atoms with Crippen molar-refractivity contribution in [2.45, 2.75) is 30.6 Å². The molecule has 0 aliphatic heterocycles. The molecule has 0 aliphatic rings. The van der Waals surface area contributed by atoms with Crippen molar-refractivity contribution in [2.24, 2.45) is 0 Å². The summed E-state index contributed by atoms with van der Waals surface area (Å²) in [6.07, 6.45) is 2.24. The van der Waals surface area contributed by atoms with Crippen LogP contribution in [0.4, 0.5) is 0 Å². The molecule has 0 aromatic heterocycles. The van der Waals surface area contributed by atoms with E-state index >= 15 is 0 Å². The Morgan fingerprint density at radius 3 is 2.45 bits per heavy atom. The van der Waals surface area contributed by atoms with Crippen LogP contribution in [0.3, 0.4) is 0 Å². The molecule has 2 aromatic carbocycles. The lowest BCUT2D eigenvalue weighted by Crippen LogP contribution is -2.07. The second kappa shape index (κ2) is 7.40. The van der Waals surface area contributed by atoms with E-state index in [1.165, 1.54) is 7.11 Å². The highest BCUT2D eigenvalue weighted by molar-refractivity contribution is 7.91. The molecule has 0 fully saturated rings. The lowest BCUT2D eigenvalue weighted by molar-refractivity contribution is -0.140. The van der Waals surface area contributed by atoms with Crippen LogP contribution in [-0.4, -0.2) is 27.2 Å². The summed E-state index contributed by atoms with van der Waals surface area (Å²) in [5, 5.41) is 1.95. The Labute approximate surface area is 131 Å². The largest absolute Gasteiger partial charge is 0.469 e. The molecule has 0 amide bonds. The van der Waals surface area contributed by atoms with Gasteiger partial charge < -0.3 is 4.74 Å². The molecule has 0 bridgehead atoms. The predicted molar refractivity (Wildman–Crippen MR) is 86.5 cm³/mol. The first-order chi connectivity index (χ1) is 10.5. The van der Waals surface area contributed by atoms with Crippen molar-refractivity contribution in [1.82, 2.24) is 0 Å². The molecule has 0 aliphatic carbocycles. The highest BCUT2D eigenvalue weighted by Crippen LogP contribution is 2.20. The van der Waals surface area contributed by atoms with Gasteiger partial charge in [0.05, 0.1) is 17.8 Å². The molecule has 0 N–H and O–H groups in total. The molecule has 0 saturated carbocycles. The van der Waals surface area contributed by atoms with Gasteiger partial charge in [0.25, 0.3) is 0 Å². The Bertz CT molecular complexity index is 750. The standard InChI is InChI=1S/C17H20O4S/c1-21-17(18)9-3-2-6-12-22(19,20)16-11-10-14-7-4-5-8-15(14)13-16/h4-5,7-8,10-11,13H,2-3,6,9,12H2,1H3. The first kappa shape index (κ1) is 16.5. The Morgan fingerprint density at radius 2 is 1.73 bits per heavy atom. The number of benzene rings is 2. The van der Waals surface area contributed by atoms with Gasteiger partial charge in [-0.25, -0.2) is 8.42 Å². The molecule has 5 heteroatoms. The lowest BCUT2D eigenvalue weighted by atomic mass is 10.1. The van der Waals surface area contributed by atoms with E-state index in [4.69, 9.17) is 0 Å². The topological polar surface area (TPSA) is 60.4 Å². The number of unbranched alkanes of at least 4 members (excludes halogenated alkanes) is 2. The van der Waals surface area contributed by atoms with Gasteiger partial charge in [-0.15, -0.1) is 0 Å². The molecular weight excluding hydrogens is 300 g/mol. The molecule has 118 valence electrons. The molecule has 0 heterocycles. The zero-order valence-corrected chi connectivity index (χ0v) is 13.4. The maximum atomic E-state index is 12.3. The zero-order chi connectivity index (χ0) is 16.0. The molecule has 0 radical (unpaired) electrons. The average Bonchev–Trinajstić information content (AvgIpc) is 2.53. The van der Waals surface area contributed by atoms with Gasteiger partial charge in [-0.2, -0.15) is 0 Å². The molecule has 22 heavy (non-hydrogen) atoms. The summed E-state index contributed by atoms with van der Waals surface area (Å²) in [6, 6.07) is 12.9. The van der Waals surface area contributed by atoms with Crippen LogP contribution in [0.25, 0.3) is 10.8 Å². The molecule has 2 rings (SSSR count). The predicted octanol–water partition coefficient (Wildman–Crippen LogP) is 3.35. The number of rotatable bonds is 7. The molecule has 4 nitrogen and oxygen atoms in total. The van der Waals surface area contributed by atoms with Crippen molar-refractivity contribution in [3.63, 3.8) is 0 Å². The molecule has 2 aromatic rings. The van der Waals surface area contributed by atoms with E-state index in [1.807, 2.05) is 30.3 Å².